The van der Waals surface area contributed by atoms with Gasteiger partial charge >= 0.3 is 0 Å². The molecule has 0 aliphatic carbocycles. The van der Waals surface area contributed by atoms with Gasteiger partial charge in [0, 0.05) is 23.2 Å². The first-order valence-electron chi connectivity index (χ1n) is 11.1. The number of rotatable bonds is 7. The monoisotopic (exact) mass is 473 g/mol. The van der Waals surface area contributed by atoms with E-state index in [0.29, 0.717) is 25.3 Å². The molecule has 0 aliphatic heterocycles. The van der Waals surface area contributed by atoms with Crippen molar-refractivity contribution in [2.45, 2.75) is 52.8 Å². The molecule has 0 unspecified atom stereocenters. The smallest absolute Gasteiger partial charge is 0.220 e. The van der Waals surface area contributed by atoms with Crippen molar-refractivity contribution in [3.8, 4) is 22.6 Å². The topological polar surface area (TPSA) is 79.4 Å². The Hall–Kier alpha value is -3.63. The molecule has 0 bridgehead atoms. The van der Waals surface area contributed by atoms with Gasteiger partial charge in [-0.05, 0) is 56.2 Å². The molecule has 0 saturated heterocycles. The van der Waals surface area contributed by atoms with Crippen LogP contribution in [-0.4, -0.2) is 21.3 Å². The van der Waals surface area contributed by atoms with Crippen LogP contribution < -0.4 is 4.74 Å². The van der Waals surface area contributed by atoms with E-state index in [1.54, 1.807) is 6.92 Å². The van der Waals surface area contributed by atoms with Crippen molar-refractivity contribution < 1.29 is 13.9 Å². The molecule has 1 amide bonds. The highest BCUT2D eigenvalue weighted by Crippen LogP contribution is 2.33. The van der Waals surface area contributed by atoms with Gasteiger partial charge in [0.25, 0.3) is 0 Å². The lowest BCUT2D eigenvalue weighted by Crippen LogP contribution is -2.43. The van der Waals surface area contributed by atoms with Crippen LogP contribution in [0.4, 0.5) is 0 Å². The summed E-state index contributed by atoms with van der Waals surface area (Å²) in [5, 5.41) is 12.7. The number of carbonyl (C=O) groups excluding carboxylic acids is 1. The molecule has 0 saturated carbocycles. The summed E-state index contributed by atoms with van der Waals surface area (Å²) < 4.78 is 12.0. The van der Waals surface area contributed by atoms with Crippen molar-refractivity contribution in [3.63, 3.8) is 0 Å². The first kappa shape index (κ1) is 23.5. The molecule has 0 fully saturated rings. The van der Waals surface area contributed by atoms with Crippen LogP contribution in [-0.2, 0) is 24.4 Å². The highest BCUT2D eigenvalue weighted by Gasteiger charge is 2.25. The van der Waals surface area contributed by atoms with E-state index < -0.39 is 0 Å². The van der Waals surface area contributed by atoms with Crippen LogP contribution in [0.15, 0.2) is 58.3 Å². The van der Waals surface area contributed by atoms with Crippen LogP contribution in [0, 0.1) is 11.3 Å². The number of furan rings is 1. The zero-order valence-corrected chi connectivity index (χ0v) is 20.6. The number of amides is 1. The molecule has 0 atom stereocenters. The number of hydrogen-bond acceptors (Lipinski definition) is 6. The highest BCUT2D eigenvalue weighted by molar-refractivity contribution is 7.13. The van der Waals surface area contributed by atoms with Crippen LogP contribution in [0.3, 0.4) is 0 Å². The molecule has 0 spiro atoms. The first-order chi connectivity index (χ1) is 16.2. The van der Waals surface area contributed by atoms with Gasteiger partial charge in [0.2, 0.25) is 5.91 Å². The molecular weight excluding hydrogens is 446 g/mol. The number of ether oxygens (including phenoxy) is 1. The largest absolute Gasteiger partial charge is 0.489 e. The van der Waals surface area contributed by atoms with E-state index in [1.165, 1.54) is 11.3 Å². The summed E-state index contributed by atoms with van der Waals surface area (Å²) in [5.74, 6) is 1.44. The third-order valence-electron chi connectivity index (χ3n) is 5.54. The lowest BCUT2D eigenvalue weighted by Gasteiger charge is -2.34. The van der Waals surface area contributed by atoms with Crippen molar-refractivity contribution in [2.75, 3.05) is 0 Å². The van der Waals surface area contributed by atoms with Gasteiger partial charge in [-0.2, -0.15) is 5.26 Å². The molecule has 174 valence electrons. The molecule has 7 heteroatoms. The maximum Gasteiger partial charge on any atom is 0.220 e. The zero-order chi connectivity index (χ0) is 24.3. The standard InChI is InChI=1S/C27H27N3O3S/c1-18(31)30(27(2,3)4)15-22-17-34-26(29-22)25-14-21-13-23(9-10-24(21)33-25)32-16-20-8-6-5-7-19(20)11-12-28/h5-10,13-14,17H,11,15-16H2,1-4H3. The van der Waals surface area contributed by atoms with E-state index in [2.05, 4.69) is 6.07 Å². The zero-order valence-electron chi connectivity index (χ0n) is 19.8. The number of nitriles is 1. The van der Waals surface area contributed by atoms with Crippen LogP contribution in [0.1, 0.15) is 44.5 Å². The van der Waals surface area contributed by atoms with E-state index in [4.69, 9.17) is 19.4 Å². The maximum absolute atomic E-state index is 12.1. The van der Waals surface area contributed by atoms with Gasteiger partial charge < -0.3 is 14.1 Å². The number of aromatic nitrogens is 1. The Morgan fingerprint density at radius 2 is 1.94 bits per heavy atom. The quantitative estimate of drug-likeness (QED) is 0.312. The molecule has 6 nitrogen and oxygen atoms in total. The molecule has 4 aromatic rings. The van der Waals surface area contributed by atoms with Gasteiger partial charge in [0.15, 0.2) is 10.8 Å². The van der Waals surface area contributed by atoms with Gasteiger partial charge in [-0.15, -0.1) is 11.3 Å². The Bertz CT molecular complexity index is 1360. The minimum Gasteiger partial charge on any atom is -0.489 e. The molecule has 4 rings (SSSR count). The SMILES string of the molecule is CC(=O)N(Cc1csc(-c2cc3cc(OCc4ccccc4CC#N)ccc3o2)n1)C(C)(C)C. The van der Waals surface area contributed by atoms with Gasteiger partial charge in [-0.25, -0.2) is 4.98 Å². The van der Waals surface area contributed by atoms with Gasteiger partial charge in [-0.1, -0.05) is 24.3 Å². The Balaban J connectivity index is 1.50. The van der Waals surface area contributed by atoms with Crippen molar-refractivity contribution in [1.82, 2.24) is 9.88 Å². The summed E-state index contributed by atoms with van der Waals surface area (Å²) in [6.07, 6.45) is 0.361. The van der Waals surface area contributed by atoms with E-state index in [0.717, 1.165) is 38.5 Å². The van der Waals surface area contributed by atoms with Crippen molar-refractivity contribution in [1.29, 1.82) is 5.26 Å². The Morgan fingerprint density at radius 3 is 2.65 bits per heavy atom. The van der Waals surface area contributed by atoms with Crippen LogP contribution >= 0.6 is 11.3 Å². The van der Waals surface area contributed by atoms with Crippen molar-refractivity contribution in [3.05, 3.63) is 70.7 Å². The number of nitrogens with zero attached hydrogens (tertiary/aromatic N) is 3. The van der Waals surface area contributed by atoms with E-state index in [9.17, 15) is 4.79 Å². The molecule has 0 radical (unpaired) electrons. The van der Waals surface area contributed by atoms with Gasteiger partial charge in [0.05, 0.1) is 24.7 Å². The summed E-state index contributed by atoms with van der Waals surface area (Å²) in [5.41, 5.74) is 3.29. The van der Waals surface area contributed by atoms with Crippen LogP contribution in [0.2, 0.25) is 0 Å². The molecule has 34 heavy (non-hydrogen) atoms. The minimum atomic E-state index is -0.277. The number of fused-ring (bicyclic) bond motifs is 1. The molecule has 2 aromatic heterocycles. The first-order valence-corrected chi connectivity index (χ1v) is 12.0. The van der Waals surface area contributed by atoms with Crippen molar-refractivity contribution >= 4 is 28.2 Å². The predicted octanol–water partition coefficient (Wildman–Crippen LogP) is 6.35. The average molecular weight is 474 g/mol. The molecule has 2 aromatic carbocycles. The van der Waals surface area contributed by atoms with E-state index >= 15 is 0 Å². The second-order valence-corrected chi connectivity index (χ2v) is 9.98. The Morgan fingerprint density at radius 1 is 1.18 bits per heavy atom. The molecule has 0 N–H and O–H groups in total. The third kappa shape index (κ3) is 5.29. The molecule has 2 heterocycles. The number of hydrogen-bond donors (Lipinski definition) is 0. The fourth-order valence-electron chi connectivity index (χ4n) is 3.81. The summed E-state index contributed by atoms with van der Waals surface area (Å²) in [6.45, 7) is 8.48. The van der Waals surface area contributed by atoms with Crippen LogP contribution in [0.25, 0.3) is 21.7 Å². The lowest BCUT2D eigenvalue weighted by molar-refractivity contribution is -0.134. The summed E-state index contributed by atoms with van der Waals surface area (Å²) in [7, 11) is 0. The van der Waals surface area contributed by atoms with E-state index in [1.807, 2.05) is 79.6 Å². The molecular formula is C27H27N3O3S. The highest BCUT2D eigenvalue weighted by atomic mass is 32.1. The maximum atomic E-state index is 12.1. The summed E-state index contributed by atoms with van der Waals surface area (Å²) in [4.78, 5) is 18.6. The fourth-order valence-corrected chi connectivity index (χ4v) is 4.57. The van der Waals surface area contributed by atoms with Gasteiger partial charge in [-0.3, -0.25) is 4.79 Å². The summed E-state index contributed by atoms with van der Waals surface area (Å²) >= 11 is 1.50. The number of thiazole rings is 1. The van der Waals surface area contributed by atoms with Crippen LogP contribution in [0.5, 0.6) is 5.75 Å². The second kappa shape index (κ2) is 9.70. The lowest BCUT2D eigenvalue weighted by atomic mass is 10.1. The normalized spacial score (nSPS) is 11.4. The third-order valence-corrected chi connectivity index (χ3v) is 6.45. The Labute approximate surface area is 203 Å². The minimum absolute atomic E-state index is 0.0218. The predicted molar refractivity (Wildman–Crippen MR) is 133 cm³/mol. The molecule has 0 aliphatic rings. The summed E-state index contributed by atoms with van der Waals surface area (Å²) in [6, 6.07) is 17.7. The van der Waals surface area contributed by atoms with Crippen molar-refractivity contribution in [2.24, 2.45) is 0 Å². The second-order valence-electron chi connectivity index (χ2n) is 9.12. The average Bonchev–Trinajstić information content (AvgIpc) is 3.42. The fraction of sp³-hybridized carbons (Fsp3) is 0.296. The number of benzene rings is 2. The number of carbonyl (C=O) groups is 1. The van der Waals surface area contributed by atoms with Gasteiger partial charge in [0.1, 0.15) is 17.9 Å². The van der Waals surface area contributed by atoms with E-state index in [-0.39, 0.29) is 11.4 Å². The Kier molecular flexibility index (Phi) is 6.71.